The van der Waals surface area contributed by atoms with Gasteiger partial charge in [0.15, 0.2) is 5.92 Å². The second-order valence-electron chi connectivity index (χ2n) is 15.7. The smallest absolute Gasteiger partial charge is 0.338 e. The number of unbranched alkanes of at least 4 members (excludes halogenated alkanes) is 27. The van der Waals surface area contributed by atoms with Gasteiger partial charge >= 0.3 is 17.9 Å². The predicted molar refractivity (Wildman–Crippen MR) is 213 cm³/mol. The number of aliphatic carboxylic acids is 3. The van der Waals surface area contributed by atoms with E-state index in [0.29, 0.717) is 32.1 Å². The van der Waals surface area contributed by atoms with Crippen LogP contribution in [0.4, 0.5) is 0 Å². The average molecular weight is 739 g/mol. The molecule has 0 radical (unpaired) electrons. The molecule has 2 unspecified atom stereocenters. The van der Waals surface area contributed by atoms with Crippen molar-refractivity contribution in [3.63, 3.8) is 0 Å². The van der Waals surface area contributed by atoms with Crippen LogP contribution in [0.25, 0.3) is 0 Å². The molecule has 0 saturated heterocycles. The van der Waals surface area contributed by atoms with E-state index in [1.54, 1.807) is 0 Å². The van der Waals surface area contributed by atoms with Gasteiger partial charge in [-0.3, -0.25) is 14.4 Å². The largest absolute Gasteiger partial charge is 0.481 e. The van der Waals surface area contributed by atoms with E-state index in [0.717, 1.165) is 71.1 Å². The molecule has 3 N–H and O–H groups in total. The van der Waals surface area contributed by atoms with Crippen molar-refractivity contribution in [3.05, 3.63) is 0 Å². The third kappa shape index (κ3) is 19.9. The zero-order valence-electron chi connectivity index (χ0n) is 34.3. The van der Waals surface area contributed by atoms with Crippen molar-refractivity contribution in [1.29, 1.82) is 0 Å². The Hall–Kier alpha value is -1.96. The molecule has 0 heterocycles. The van der Waals surface area contributed by atoms with E-state index >= 15 is 0 Å². The lowest BCUT2D eigenvalue weighted by molar-refractivity contribution is -0.219. The highest BCUT2D eigenvalue weighted by Gasteiger charge is 2.69. The van der Waals surface area contributed by atoms with Crippen LogP contribution in [-0.2, 0) is 23.9 Å². The fourth-order valence-corrected chi connectivity index (χ4v) is 8.04. The molecule has 0 aliphatic rings. The number of ketones is 1. The van der Waals surface area contributed by atoms with Crippen molar-refractivity contribution in [2.45, 2.75) is 239 Å². The first kappa shape index (κ1) is 50.0. The molecule has 306 valence electrons. The van der Waals surface area contributed by atoms with E-state index in [2.05, 4.69) is 20.8 Å². The minimum absolute atomic E-state index is 0.0440. The molecule has 0 saturated carbocycles. The van der Waals surface area contributed by atoms with E-state index in [4.69, 9.17) is 4.74 Å². The normalized spacial score (nSPS) is 13.5. The molecule has 52 heavy (non-hydrogen) atoms. The molecule has 0 aromatic heterocycles. The SMILES string of the molecule is CCCCCCCCCCCCOC(C(=O)O)(C(C(C)=O)C(=O)O)C(CCCCCCCCCCCC)(CCCCCCCCCCCC)C(=O)O. The molecular weight excluding hydrogens is 656 g/mol. The molecule has 2 atom stereocenters. The molecular formula is C44H82O8. The van der Waals surface area contributed by atoms with Crippen molar-refractivity contribution >= 4 is 23.7 Å². The van der Waals surface area contributed by atoms with Gasteiger partial charge < -0.3 is 20.1 Å². The van der Waals surface area contributed by atoms with Crippen LogP contribution < -0.4 is 0 Å². The topological polar surface area (TPSA) is 138 Å². The third-order valence-corrected chi connectivity index (χ3v) is 11.2. The van der Waals surface area contributed by atoms with Crippen molar-refractivity contribution in [3.8, 4) is 0 Å². The monoisotopic (exact) mass is 739 g/mol. The molecule has 0 aromatic carbocycles. The summed E-state index contributed by atoms with van der Waals surface area (Å²) in [4.78, 5) is 52.9. The first-order valence-corrected chi connectivity index (χ1v) is 21.9. The number of carboxylic acid groups (broad SMARTS) is 3. The van der Waals surface area contributed by atoms with Crippen molar-refractivity contribution in [1.82, 2.24) is 0 Å². The summed E-state index contributed by atoms with van der Waals surface area (Å²) in [5.74, 6) is -7.71. The molecule has 0 rings (SSSR count). The molecule has 0 amide bonds. The van der Waals surface area contributed by atoms with E-state index in [9.17, 15) is 34.5 Å². The van der Waals surface area contributed by atoms with Crippen LogP contribution in [0.1, 0.15) is 233 Å². The van der Waals surface area contributed by atoms with Gasteiger partial charge in [-0.15, -0.1) is 0 Å². The second kappa shape index (κ2) is 32.5. The van der Waals surface area contributed by atoms with E-state index < -0.39 is 40.6 Å². The Morgan fingerprint density at radius 1 is 0.442 bits per heavy atom. The Morgan fingerprint density at radius 3 is 0.981 bits per heavy atom. The maximum absolute atomic E-state index is 13.6. The van der Waals surface area contributed by atoms with Crippen LogP contribution in [-0.4, -0.2) is 51.2 Å². The number of carbonyl (C=O) groups is 4. The lowest BCUT2D eigenvalue weighted by Crippen LogP contribution is -2.67. The van der Waals surface area contributed by atoms with Gasteiger partial charge in [0.1, 0.15) is 11.2 Å². The van der Waals surface area contributed by atoms with Gasteiger partial charge in [-0.2, -0.15) is 0 Å². The van der Waals surface area contributed by atoms with Crippen LogP contribution >= 0.6 is 0 Å². The summed E-state index contributed by atoms with van der Waals surface area (Å²) in [6, 6.07) is 0. The minimum atomic E-state index is -2.71. The minimum Gasteiger partial charge on any atom is -0.481 e. The van der Waals surface area contributed by atoms with Crippen molar-refractivity contribution < 1.29 is 39.2 Å². The summed E-state index contributed by atoms with van der Waals surface area (Å²) in [6.45, 7) is 7.54. The Morgan fingerprint density at radius 2 is 0.731 bits per heavy atom. The Balaban J connectivity index is 5.99. The van der Waals surface area contributed by atoms with E-state index in [-0.39, 0.29) is 19.4 Å². The quantitative estimate of drug-likeness (QED) is 0.0417. The highest BCUT2D eigenvalue weighted by atomic mass is 16.5. The van der Waals surface area contributed by atoms with Crippen molar-refractivity contribution in [2.24, 2.45) is 11.3 Å². The summed E-state index contributed by atoms with van der Waals surface area (Å²) < 4.78 is 6.18. The number of carboxylic acids is 3. The first-order chi connectivity index (χ1) is 25.1. The summed E-state index contributed by atoms with van der Waals surface area (Å²) in [6.07, 6.45) is 31.0. The van der Waals surface area contributed by atoms with Gasteiger partial charge in [0.25, 0.3) is 0 Å². The van der Waals surface area contributed by atoms with E-state index in [1.165, 1.54) is 96.3 Å². The van der Waals surface area contributed by atoms with Gasteiger partial charge in [-0.05, 0) is 26.2 Å². The standard InChI is InChI=1S/C44H82O8/c1-5-8-11-14-17-20-23-26-29-32-35-43(41(48)49,36-33-30-27-24-21-18-15-12-9-6-2)44(42(50)51,39(38(4)45)40(46)47)52-37-34-31-28-25-22-19-16-13-10-7-3/h39H,5-37H2,1-4H3,(H,46,47)(H,48,49)(H,50,51). The molecule has 0 bridgehead atoms. The number of ether oxygens (including phenoxy) is 1. The number of hydrogen-bond acceptors (Lipinski definition) is 5. The molecule has 8 heteroatoms. The Bertz CT molecular complexity index is 880. The highest BCUT2D eigenvalue weighted by molar-refractivity contribution is 6.06. The van der Waals surface area contributed by atoms with Crippen LogP contribution in [0.3, 0.4) is 0 Å². The highest BCUT2D eigenvalue weighted by Crippen LogP contribution is 2.50. The van der Waals surface area contributed by atoms with Crippen molar-refractivity contribution in [2.75, 3.05) is 6.61 Å². The van der Waals surface area contributed by atoms with Gasteiger partial charge in [0, 0.05) is 6.61 Å². The maximum atomic E-state index is 13.6. The number of Topliss-reactive ketones (excluding diaryl/α,β-unsaturated/α-hetero) is 1. The number of rotatable bonds is 40. The lowest BCUT2D eigenvalue weighted by Gasteiger charge is -2.47. The molecule has 0 aliphatic carbocycles. The summed E-state index contributed by atoms with van der Waals surface area (Å²) in [5, 5.41) is 32.4. The first-order valence-electron chi connectivity index (χ1n) is 21.9. The summed E-state index contributed by atoms with van der Waals surface area (Å²) in [7, 11) is 0. The number of carbonyl (C=O) groups excluding carboxylic acids is 1. The fourth-order valence-electron chi connectivity index (χ4n) is 8.04. The molecule has 0 aromatic rings. The Kier molecular flexibility index (Phi) is 31.2. The van der Waals surface area contributed by atoms with Crippen LogP contribution in [0.15, 0.2) is 0 Å². The lowest BCUT2D eigenvalue weighted by atomic mass is 9.59. The maximum Gasteiger partial charge on any atom is 0.338 e. The van der Waals surface area contributed by atoms with Gasteiger partial charge in [-0.1, -0.05) is 207 Å². The zero-order chi connectivity index (χ0) is 38.9. The van der Waals surface area contributed by atoms with Gasteiger partial charge in [-0.25, -0.2) is 4.79 Å². The van der Waals surface area contributed by atoms with Crippen LogP contribution in [0, 0.1) is 11.3 Å². The third-order valence-electron chi connectivity index (χ3n) is 11.2. The predicted octanol–water partition coefficient (Wildman–Crippen LogP) is 12.7. The molecule has 0 aliphatic heterocycles. The zero-order valence-corrected chi connectivity index (χ0v) is 34.3. The van der Waals surface area contributed by atoms with Gasteiger partial charge in [0.2, 0.25) is 5.60 Å². The number of hydrogen-bond donors (Lipinski definition) is 3. The second-order valence-corrected chi connectivity index (χ2v) is 15.7. The Labute approximate surface area is 319 Å². The van der Waals surface area contributed by atoms with Crippen LogP contribution in [0.2, 0.25) is 0 Å². The summed E-state index contributed by atoms with van der Waals surface area (Å²) in [5.41, 5.74) is -4.78. The summed E-state index contributed by atoms with van der Waals surface area (Å²) >= 11 is 0. The molecule has 0 spiro atoms. The molecule has 8 nitrogen and oxygen atoms in total. The average Bonchev–Trinajstić information content (AvgIpc) is 3.10. The van der Waals surface area contributed by atoms with Crippen LogP contribution in [0.5, 0.6) is 0 Å². The molecule has 0 fully saturated rings. The van der Waals surface area contributed by atoms with E-state index in [1.807, 2.05) is 0 Å². The fraction of sp³-hybridized carbons (Fsp3) is 0.909. The van der Waals surface area contributed by atoms with Gasteiger partial charge in [0.05, 0.1) is 0 Å².